The van der Waals surface area contributed by atoms with Crippen molar-refractivity contribution in [3.63, 3.8) is 0 Å². The smallest absolute Gasteiger partial charge is 0.160 e. The van der Waals surface area contributed by atoms with Crippen molar-refractivity contribution in [1.29, 1.82) is 0 Å². The first-order valence-electron chi connectivity index (χ1n) is 10.1. The van der Waals surface area contributed by atoms with Crippen molar-refractivity contribution in [2.24, 2.45) is 5.92 Å². The minimum absolute atomic E-state index is 0.521. The van der Waals surface area contributed by atoms with Crippen LogP contribution in [0.3, 0.4) is 0 Å². The maximum Gasteiger partial charge on any atom is 0.160 e. The molecule has 2 atom stereocenters. The summed E-state index contributed by atoms with van der Waals surface area (Å²) in [5, 5.41) is 0. The predicted octanol–water partition coefficient (Wildman–Crippen LogP) is 5.67. The van der Waals surface area contributed by atoms with Gasteiger partial charge in [-0.15, -0.1) is 0 Å². The van der Waals surface area contributed by atoms with Gasteiger partial charge in [-0.05, 0) is 73.4 Å². The van der Waals surface area contributed by atoms with Crippen LogP contribution in [0.25, 0.3) is 0 Å². The van der Waals surface area contributed by atoms with E-state index in [0.717, 1.165) is 37.3 Å². The summed E-state index contributed by atoms with van der Waals surface area (Å²) in [7, 11) is 3.39. The number of hydrogen-bond donors (Lipinski definition) is 0. The largest absolute Gasteiger partial charge is 0.493 e. The fraction of sp³-hybridized carbons (Fsp3) is 0.500. The zero-order valence-electron chi connectivity index (χ0n) is 17.4. The van der Waals surface area contributed by atoms with Crippen LogP contribution in [0, 0.1) is 5.92 Å². The van der Waals surface area contributed by atoms with Gasteiger partial charge in [0.05, 0.1) is 14.2 Å². The Morgan fingerprint density at radius 1 is 1.00 bits per heavy atom. The van der Waals surface area contributed by atoms with Gasteiger partial charge in [0.15, 0.2) is 11.5 Å². The Morgan fingerprint density at radius 3 is 2.30 bits per heavy atom. The zero-order valence-corrected chi connectivity index (χ0v) is 17.4. The van der Waals surface area contributed by atoms with Crippen LogP contribution in [0.2, 0.25) is 0 Å². The summed E-state index contributed by atoms with van der Waals surface area (Å²) in [5.74, 6) is 2.89. The lowest BCUT2D eigenvalue weighted by atomic mass is 9.85. The second kappa shape index (κ2) is 8.69. The quantitative estimate of drug-likeness (QED) is 0.656. The van der Waals surface area contributed by atoms with Gasteiger partial charge in [-0.2, -0.15) is 0 Å². The Kier molecular flexibility index (Phi) is 6.30. The van der Waals surface area contributed by atoms with Crippen molar-refractivity contribution < 1.29 is 9.47 Å². The molecule has 3 nitrogen and oxygen atoms in total. The van der Waals surface area contributed by atoms with Gasteiger partial charge in [-0.1, -0.05) is 32.0 Å². The Bertz CT molecular complexity index is 739. The third kappa shape index (κ3) is 4.58. The van der Waals surface area contributed by atoms with Crippen molar-refractivity contribution in [2.45, 2.75) is 52.0 Å². The van der Waals surface area contributed by atoms with E-state index < -0.39 is 0 Å². The molecule has 0 radical (unpaired) electrons. The number of rotatable bonds is 6. The van der Waals surface area contributed by atoms with Crippen molar-refractivity contribution in [3.8, 4) is 11.5 Å². The summed E-state index contributed by atoms with van der Waals surface area (Å²) < 4.78 is 10.9. The van der Waals surface area contributed by atoms with E-state index in [4.69, 9.17) is 9.47 Å². The highest BCUT2D eigenvalue weighted by Crippen LogP contribution is 2.37. The van der Waals surface area contributed by atoms with Gasteiger partial charge in [0, 0.05) is 18.3 Å². The lowest BCUT2D eigenvalue weighted by Crippen LogP contribution is -2.40. The molecular formula is C24H33NO2. The van der Waals surface area contributed by atoms with E-state index in [1.54, 1.807) is 14.2 Å². The fourth-order valence-corrected chi connectivity index (χ4v) is 4.26. The highest BCUT2D eigenvalue weighted by atomic mass is 16.5. The molecule has 0 spiro atoms. The van der Waals surface area contributed by atoms with Crippen LogP contribution in [-0.2, 0) is 6.42 Å². The van der Waals surface area contributed by atoms with Gasteiger partial charge in [0.2, 0.25) is 0 Å². The van der Waals surface area contributed by atoms with Crippen LogP contribution in [0.4, 0.5) is 5.69 Å². The molecule has 1 saturated heterocycles. The van der Waals surface area contributed by atoms with Crippen molar-refractivity contribution in [3.05, 3.63) is 53.6 Å². The van der Waals surface area contributed by atoms with Gasteiger partial charge in [-0.3, -0.25) is 0 Å². The topological polar surface area (TPSA) is 21.7 Å². The molecular weight excluding hydrogens is 334 g/mol. The first-order valence-corrected chi connectivity index (χ1v) is 10.1. The number of benzene rings is 2. The monoisotopic (exact) mass is 367 g/mol. The van der Waals surface area contributed by atoms with Crippen molar-refractivity contribution in [2.75, 3.05) is 25.7 Å². The predicted molar refractivity (Wildman–Crippen MR) is 113 cm³/mol. The molecule has 1 aliphatic heterocycles. The summed E-state index contributed by atoms with van der Waals surface area (Å²) in [5.41, 5.74) is 4.13. The summed E-state index contributed by atoms with van der Waals surface area (Å²) >= 11 is 0. The summed E-state index contributed by atoms with van der Waals surface area (Å²) in [6, 6.07) is 16.1. The van der Waals surface area contributed by atoms with Crippen molar-refractivity contribution in [1.82, 2.24) is 0 Å². The second-order valence-electron chi connectivity index (χ2n) is 8.14. The number of hydrogen-bond acceptors (Lipinski definition) is 3. The minimum Gasteiger partial charge on any atom is -0.493 e. The maximum atomic E-state index is 5.49. The van der Waals surface area contributed by atoms with Crippen molar-refractivity contribution >= 4 is 5.69 Å². The molecule has 0 aromatic heterocycles. The van der Waals surface area contributed by atoms with Gasteiger partial charge in [-0.25, -0.2) is 0 Å². The first kappa shape index (κ1) is 19.6. The van der Waals surface area contributed by atoms with E-state index in [1.165, 1.54) is 16.8 Å². The maximum absolute atomic E-state index is 5.49. The molecule has 0 N–H and O–H groups in total. The molecule has 0 amide bonds. The van der Waals surface area contributed by atoms with Crippen LogP contribution in [0.15, 0.2) is 42.5 Å². The molecule has 0 bridgehead atoms. The minimum atomic E-state index is 0.521. The molecule has 1 fully saturated rings. The fourth-order valence-electron chi connectivity index (χ4n) is 4.26. The molecule has 1 aliphatic rings. The molecule has 1 heterocycles. The number of ether oxygens (including phenoxy) is 2. The van der Waals surface area contributed by atoms with Crippen LogP contribution in [-0.4, -0.2) is 26.8 Å². The number of anilines is 1. The molecule has 3 heteroatoms. The van der Waals surface area contributed by atoms with Gasteiger partial charge < -0.3 is 14.4 Å². The highest BCUT2D eigenvalue weighted by molar-refractivity contribution is 5.50. The number of piperidine rings is 1. The highest BCUT2D eigenvalue weighted by Gasteiger charge is 2.27. The summed E-state index contributed by atoms with van der Waals surface area (Å²) in [4.78, 5) is 2.55. The van der Waals surface area contributed by atoms with E-state index in [9.17, 15) is 0 Å². The molecule has 3 rings (SSSR count). The Hall–Kier alpha value is -2.16. The van der Waals surface area contributed by atoms with Crippen LogP contribution >= 0.6 is 0 Å². The molecule has 2 unspecified atom stereocenters. The van der Waals surface area contributed by atoms with Crippen LogP contribution in [0.5, 0.6) is 11.5 Å². The zero-order chi connectivity index (χ0) is 19.4. The number of methoxy groups -OCH3 is 2. The number of nitrogens with zero attached hydrogens (tertiary/aromatic N) is 1. The molecule has 146 valence electrons. The second-order valence-corrected chi connectivity index (χ2v) is 8.14. The van der Waals surface area contributed by atoms with E-state index in [2.05, 4.69) is 62.1 Å². The molecule has 2 aromatic carbocycles. The summed E-state index contributed by atoms with van der Waals surface area (Å²) in [6.07, 6.45) is 3.47. The lowest BCUT2D eigenvalue weighted by molar-refractivity contribution is 0.353. The van der Waals surface area contributed by atoms with Crippen LogP contribution < -0.4 is 14.4 Å². The summed E-state index contributed by atoms with van der Waals surface area (Å²) in [6.45, 7) is 7.97. The third-order valence-electron chi connectivity index (χ3n) is 5.67. The Labute approximate surface area is 164 Å². The Balaban J connectivity index is 1.68. The Morgan fingerprint density at radius 2 is 1.70 bits per heavy atom. The standard InChI is InChI=1S/C24H33NO2/c1-17(2)14-19-6-9-22(10-7-19)25-13-12-21(15-18(25)3)20-8-11-23(26-4)24(16-20)27-5/h6-11,16-18,21H,12-15H2,1-5H3. The molecule has 0 aliphatic carbocycles. The average molecular weight is 368 g/mol. The molecule has 0 saturated carbocycles. The lowest BCUT2D eigenvalue weighted by Gasteiger charge is -2.39. The van der Waals surface area contributed by atoms with Gasteiger partial charge >= 0.3 is 0 Å². The molecule has 27 heavy (non-hydrogen) atoms. The molecule has 2 aromatic rings. The normalized spacial score (nSPS) is 20.0. The van der Waals surface area contributed by atoms with E-state index in [0.29, 0.717) is 17.9 Å². The first-order chi connectivity index (χ1) is 13.0. The third-order valence-corrected chi connectivity index (χ3v) is 5.67. The SMILES string of the molecule is COc1ccc(C2CCN(c3ccc(CC(C)C)cc3)C(C)C2)cc1OC. The van der Waals surface area contributed by atoms with Crippen LogP contribution in [0.1, 0.15) is 50.7 Å². The average Bonchev–Trinajstić information content (AvgIpc) is 2.67. The van der Waals surface area contributed by atoms with Gasteiger partial charge in [0.25, 0.3) is 0 Å². The van der Waals surface area contributed by atoms with E-state index >= 15 is 0 Å². The van der Waals surface area contributed by atoms with E-state index in [-0.39, 0.29) is 0 Å². The van der Waals surface area contributed by atoms with E-state index in [1.807, 2.05) is 6.07 Å². The van der Waals surface area contributed by atoms with Gasteiger partial charge in [0.1, 0.15) is 0 Å².